The molecule has 0 atom stereocenters. The van der Waals surface area contributed by atoms with E-state index in [-0.39, 0.29) is 33.7 Å². The maximum Gasteiger partial charge on any atom is 0.338 e. The number of amides is 1. The number of likely N-dealkylation sites (tertiary alicyclic amines) is 1. The molecule has 2 heterocycles. The molecule has 2 aromatic rings. The highest BCUT2D eigenvalue weighted by atomic mass is 35.5. The van der Waals surface area contributed by atoms with E-state index in [2.05, 4.69) is 4.98 Å². The van der Waals surface area contributed by atoms with Crippen molar-refractivity contribution in [2.75, 3.05) is 27.3 Å². The Morgan fingerprint density at radius 1 is 0.900 bits per heavy atom. The van der Waals surface area contributed by atoms with Gasteiger partial charge in [-0.25, -0.2) is 14.6 Å². The molecular formula is C21H21ClN2O6. The second-order valence-corrected chi connectivity index (χ2v) is 7.10. The van der Waals surface area contributed by atoms with Gasteiger partial charge < -0.3 is 19.1 Å². The third-order valence-electron chi connectivity index (χ3n) is 4.66. The highest BCUT2D eigenvalue weighted by Crippen LogP contribution is 2.30. The summed E-state index contributed by atoms with van der Waals surface area (Å²) in [4.78, 5) is 42.3. The van der Waals surface area contributed by atoms with Crippen LogP contribution in [0.5, 0.6) is 11.6 Å². The molecule has 1 aromatic carbocycles. The number of pyridine rings is 1. The molecule has 8 nitrogen and oxygen atoms in total. The number of aromatic nitrogens is 1. The van der Waals surface area contributed by atoms with Gasteiger partial charge in [0.15, 0.2) is 0 Å². The van der Waals surface area contributed by atoms with Crippen LogP contribution in [-0.4, -0.2) is 55.0 Å². The van der Waals surface area contributed by atoms with Gasteiger partial charge >= 0.3 is 11.9 Å². The Kier molecular flexibility index (Phi) is 6.89. The zero-order valence-electron chi connectivity index (χ0n) is 16.6. The van der Waals surface area contributed by atoms with Crippen LogP contribution in [0.15, 0.2) is 30.5 Å². The number of halogens is 1. The third kappa shape index (κ3) is 4.88. The van der Waals surface area contributed by atoms with Crippen molar-refractivity contribution in [3.63, 3.8) is 0 Å². The van der Waals surface area contributed by atoms with Crippen molar-refractivity contribution >= 4 is 29.4 Å². The Labute approximate surface area is 178 Å². The largest absolute Gasteiger partial charge is 0.465 e. The second-order valence-electron chi connectivity index (χ2n) is 6.70. The molecule has 0 spiro atoms. The Morgan fingerprint density at radius 3 is 2.03 bits per heavy atom. The molecule has 0 radical (unpaired) electrons. The number of rotatable bonds is 5. The molecule has 0 saturated carbocycles. The summed E-state index contributed by atoms with van der Waals surface area (Å²) in [7, 11) is 2.45. The van der Waals surface area contributed by atoms with E-state index < -0.39 is 11.9 Å². The molecular weight excluding hydrogens is 412 g/mol. The fourth-order valence-electron chi connectivity index (χ4n) is 3.14. The molecule has 0 aliphatic carbocycles. The molecule has 0 unspecified atom stereocenters. The Bertz CT molecular complexity index is 938. The van der Waals surface area contributed by atoms with Crippen LogP contribution in [0.4, 0.5) is 0 Å². The monoisotopic (exact) mass is 432 g/mol. The number of esters is 2. The van der Waals surface area contributed by atoms with Crippen molar-refractivity contribution in [2.24, 2.45) is 0 Å². The SMILES string of the molecule is COC(=O)c1cc(Oc2ncc(C(=O)N3CCCCC3)cc2Cl)cc(C(=O)OC)c1. The second kappa shape index (κ2) is 9.58. The Hall–Kier alpha value is -3.13. The average Bonchev–Trinajstić information content (AvgIpc) is 2.79. The number of hydrogen-bond acceptors (Lipinski definition) is 7. The Morgan fingerprint density at radius 2 is 1.50 bits per heavy atom. The minimum atomic E-state index is -0.646. The standard InChI is InChI=1S/C21H21ClN2O6/c1-28-20(26)13-8-14(21(27)29-2)10-16(9-13)30-18-17(22)11-15(12-23-18)19(25)24-6-4-3-5-7-24/h8-12H,3-7H2,1-2H3. The van der Waals surface area contributed by atoms with Crippen LogP contribution in [0, 0.1) is 0 Å². The number of nitrogens with zero attached hydrogens (tertiary/aromatic N) is 2. The van der Waals surface area contributed by atoms with Crippen molar-refractivity contribution in [3.05, 3.63) is 52.2 Å². The summed E-state index contributed by atoms with van der Waals surface area (Å²) in [6, 6.07) is 5.61. The number of hydrogen-bond donors (Lipinski definition) is 0. The van der Waals surface area contributed by atoms with Gasteiger partial charge in [-0.2, -0.15) is 0 Å². The number of carbonyl (C=O) groups excluding carboxylic acids is 3. The summed E-state index contributed by atoms with van der Waals surface area (Å²) >= 11 is 6.28. The summed E-state index contributed by atoms with van der Waals surface area (Å²) in [5.41, 5.74) is 0.569. The summed E-state index contributed by atoms with van der Waals surface area (Å²) in [6.45, 7) is 1.43. The van der Waals surface area contributed by atoms with E-state index in [9.17, 15) is 14.4 Å². The van der Waals surface area contributed by atoms with E-state index in [4.69, 9.17) is 25.8 Å². The fourth-order valence-corrected chi connectivity index (χ4v) is 3.34. The topological polar surface area (TPSA) is 95.0 Å². The predicted octanol–water partition coefficient (Wildman–Crippen LogP) is 3.73. The molecule has 1 fully saturated rings. The molecule has 1 aliphatic heterocycles. The van der Waals surface area contributed by atoms with Gasteiger partial charge in [0.1, 0.15) is 10.8 Å². The van der Waals surface area contributed by atoms with Crippen LogP contribution < -0.4 is 4.74 Å². The minimum absolute atomic E-state index is 0.0321. The van der Waals surface area contributed by atoms with E-state index in [0.29, 0.717) is 18.7 Å². The van der Waals surface area contributed by atoms with Gasteiger partial charge in [-0.1, -0.05) is 11.6 Å². The van der Waals surface area contributed by atoms with E-state index in [1.807, 2.05) is 0 Å². The van der Waals surface area contributed by atoms with Gasteiger partial charge in [0, 0.05) is 19.3 Å². The maximum atomic E-state index is 12.6. The van der Waals surface area contributed by atoms with Crippen LogP contribution in [0.2, 0.25) is 5.02 Å². The first-order valence-corrected chi connectivity index (χ1v) is 9.75. The third-order valence-corrected chi connectivity index (χ3v) is 4.93. The van der Waals surface area contributed by atoms with Gasteiger partial charge in [-0.15, -0.1) is 0 Å². The molecule has 1 aliphatic rings. The number of ether oxygens (including phenoxy) is 3. The van der Waals surface area contributed by atoms with Crippen LogP contribution in [0.25, 0.3) is 0 Å². The predicted molar refractivity (Wildman–Crippen MR) is 108 cm³/mol. The van der Waals surface area contributed by atoms with Crippen molar-refractivity contribution < 1.29 is 28.6 Å². The molecule has 30 heavy (non-hydrogen) atoms. The van der Waals surface area contributed by atoms with Gasteiger partial charge in [0.25, 0.3) is 5.91 Å². The Balaban J connectivity index is 1.85. The lowest BCUT2D eigenvalue weighted by Crippen LogP contribution is -2.35. The fraction of sp³-hybridized carbons (Fsp3) is 0.333. The summed E-state index contributed by atoms with van der Waals surface area (Å²) in [5, 5.41) is 0.126. The first-order chi connectivity index (χ1) is 14.4. The molecule has 1 saturated heterocycles. The van der Waals surface area contributed by atoms with Crippen molar-refractivity contribution in [1.82, 2.24) is 9.88 Å². The van der Waals surface area contributed by atoms with Crippen LogP contribution in [0.1, 0.15) is 50.3 Å². The molecule has 1 amide bonds. The highest BCUT2D eigenvalue weighted by Gasteiger charge is 2.21. The number of piperidine rings is 1. The summed E-state index contributed by atoms with van der Waals surface area (Å²) in [6.07, 6.45) is 4.47. The average molecular weight is 433 g/mol. The van der Waals surface area contributed by atoms with Crippen LogP contribution >= 0.6 is 11.6 Å². The first-order valence-electron chi connectivity index (χ1n) is 9.37. The van der Waals surface area contributed by atoms with Crippen molar-refractivity contribution in [2.45, 2.75) is 19.3 Å². The smallest absolute Gasteiger partial charge is 0.338 e. The van der Waals surface area contributed by atoms with Crippen LogP contribution in [0.3, 0.4) is 0 Å². The molecule has 158 valence electrons. The lowest BCUT2D eigenvalue weighted by Gasteiger charge is -2.26. The van der Waals surface area contributed by atoms with E-state index in [1.165, 1.54) is 44.7 Å². The lowest BCUT2D eigenvalue weighted by atomic mass is 10.1. The van der Waals surface area contributed by atoms with Crippen molar-refractivity contribution in [1.29, 1.82) is 0 Å². The molecule has 9 heteroatoms. The quantitative estimate of drug-likeness (QED) is 0.664. The number of carbonyl (C=O) groups is 3. The first kappa shape index (κ1) is 21.6. The maximum absolute atomic E-state index is 12.6. The molecule has 0 bridgehead atoms. The number of benzene rings is 1. The molecule has 0 N–H and O–H groups in total. The van der Waals surface area contributed by atoms with Gasteiger partial charge in [0.05, 0.1) is 30.9 Å². The normalized spacial score (nSPS) is 13.5. The van der Waals surface area contributed by atoms with Gasteiger partial charge in [-0.3, -0.25) is 4.79 Å². The van der Waals surface area contributed by atoms with Gasteiger partial charge in [-0.05, 0) is 43.5 Å². The minimum Gasteiger partial charge on any atom is -0.465 e. The van der Waals surface area contributed by atoms with E-state index >= 15 is 0 Å². The molecule has 1 aromatic heterocycles. The lowest BCUT2D eigenvalue weighted by molar-refractivity contribution is 0.0597. The number of methoxy groups -OCH3 is 2. The summed E-state index contributed by atoms with van der Waals surface area (Å²) < 4.78 is 15.1. The summed E-state index contributed by atoms with van der Waals surface area (Å²) in [5.74, 6) is -1.25. The van der Waals surface area contributed by atoms with Crippen molar-refractivity contribution in [3.8, 4) is 11.6 Å². The van der Waals surface area contributed by atoms with E-state index in [1.54, 1.807) is 4.90 Å². The van der Waals surface area contributed by atoms with E-state index in [0.717, 1.165) is 19.3 Å². The zero-order valence-corrected chi connectivity index (χ0v) is 17.4. The highest BCUT2D eigenvalue weighted by molar-refractivity contribution is 6.32. The van der Waals surface area contributed by atoms with Crippen LogP contribution in [-0.2, 0) is 9.47 Å². The molecule has 3 rings (SSSR count). The zero-order chi connectivity index (χ0) is 21.7. The van der Waals surface area contributed by atoms with Gasteiger partial charge in [0.2, 0.25) is 5.88 Å².